The number of rotatable bonds is 4. The van der Waals surface area contributed by atoms with E-state index in [1.807, 2.05) is 31.2 Å². The van der Waals surface area contributed by atoms with Crippen LogP contribution in [0.5, 0.6) is 0 Å². The highest BCUT2D eigenvalue weighted by Gasteiger charge is 2.16. The second-order valence-electron chi connectivity index (χ2n) is 3.88. The molecule has 0 bridgehead atoms. The van der Waals surface area contributed by atoms with Gasteiger partial charge in [0.15, 0.2) is 0 Å². The average molecular weight is 305 g/mol. The van der Waals surface area contributed by atoms with Gasteiger partial charge in [-0.25, -0.2) is 0 Å². The molecule has 1 unspecified atom stereocenters. The second-order valence-corrected chi connectivity index (χ2v) is 5.10. The zero-order valence-corrected chi connectivity index (χ0v) is 11.8. The van der Waals surface area contributed by atoms with E-state index in [1.165, 1.54) is 0 Å². The van der Waals surface area contributed by atoms with E-state index >= 15 is 0 Å². The maximum Gasteiger partial charge on any atom is 0.226 e. The van der Waals surface area contributed by atoms with Crippen LogP contribution < -0.4 is 0 Å². The van der Waals surface area contributed by atoms with E-state index in [1.54, 1.807) is 11.9 Å². The van der Waals surface area contributed by atoms with Gasteiger partial charge >= 0.3 is 0 Å². The third kappa shape index (κ3) is 3.80. The van der Waals surface area contributed by atoms with Gasteiger partial charge in [-0.3, -0.25) is 4.79 Å². The topological polar surface area (TPSA) is 20.3 Å². The summed E-state index contributed by atoms with van der Waals surface area (Å²) in [6, 6.07) is 7.94. The Morgan fingerprint density at radius 2 is 2.00 bits per heavy atom. The van der Waals surface area contributed by atoms with E-state index in [-0.39, 0.29) is 11.8 Å². The van der Waals surface area contributed by atoms with E-state index in [0.717, 1.165) is 10.0 Å². The normalized spacial score (nSPS) is 12.2. The fourth-order valence-electron chi connectivity index (χ4n) is 1.38. The molecule has 1 aromatic rings. The lowest BCUT2D eigenvalue weighted by molar-refractivity contribution is -0.133. The summed E-state index contributed by atoms with van der Waals surface area (Å²) in [5.41, 5.74) is 1.11. The van der Waals surface area contributed by atoms with Gasteiger partial charge in [-0.15, -0.1) is 11.6 Å². The van der Waals surface area contributed by atoms with E-state index in [4.69, 9.17) is 11.6 Å². The van der Waals surface area contributed by atoms with Crippen LogP contribution in [0.3, 0.4) is 0 Å². The summed E-state index contributed by atoms with van der Waals surface area (Å²) in [6.45, 7) is 2.46. The van der Waals surface area contributed by atoms with E-state index < -0.39 is 0 Å². The van der Waals surface area contributed by atoms with Crippen LogP contribution in [0.25, 0.3) is 0 Å². The molecule has 0 saturated heterocycles. The van der Waals surface area contributed by atoms with Crippen LogP contribution in [0.1, 0.15) is 12.5 Å². The number of halogens is 2. The molecule has 0 fully saturated rings. The molecule has 0 N–H and O–H groups in total. The number of carbonyl (C=O) groups is 1. The van der Waals surface area contributed by atoms with Crippen LogP contribution in [-0.4, -0.2) is 23.7 Å². The number of alkyl halides is 1. The monoisotopic (exact) mass is 303 g/mol. The largest absolute Gasteiger partial charge is 0.341 e. The Balaban J connectivity index is 2.60. The Labute approximate surface area is 110 Å². The summed E-state index contributed by atoms with van der Waals surface area (Å²) in [7, 11) is 1.80. The molecule has 1 amide bonds. The molecule has 1 rings (SSSR count). The van der Waals surface area contributed by atoms with Crippen molar-refractivity contribution in [2.45, 2.75) is 13.5 Å². The minimum absolute atomic E-state index is 0.0814. The lowest BCUT2D eigenvalue weighted by atomic mass is 10.1. The molecule has 2 nitrogen and oxygen atoms in total. The first kappa shape index (κ1) is 13.5. The summed E-state index contributed by atoms with van der Waals surface area (Å²) in [5.74, 6) is 0.323. The Morgan fingerprint density at radius 1 is 1.44 bits per heavy atom. The Kier molecular flexibility index (Phi) is 5.29. The fourth-order valence-corrected chi connectivity index (χ4v) is 1.78. The van der Waals surface area contributed by atoms with Crippen molar-refractivity contribution in [1.29, 1.82) is 0 Å². The summed E-state index contributed by atoms with van der Waals surface area (Å²) >= 11 is 9.04. The van der Waals surface area contributed by atoms with Crippen LogP contribution in [-0.2, 0) is 11.3 Å². The molecular weight excluding hydrogens is 289 g/mol. The number of hydrogen-bond acceptors (Lipinski definition) is 1. The highest BCUT2D eigenvalue weighted by Crippen LogP contribution is 2.13. The minimum Gasteiger partial charge on any atom is -0.341 e. The molecule has 0 aliphatic heterocycles. The quantitative estimate of drug-likeness (QED) is 0.782. The number of nitrogens with zero attached hydrogens (tertiary/aromatic N) is 1. The number of hydrogen-bond donors (Lipinski definition) is 0. The van der Waals surface area contributed by atoms with Gasteiger partial charge in [0.1, 0.15) is 0 Å². The summed E-state index contributed by atoms with van der Waals surface area (Å²) < 4.78 is 1.04. The third-order valence-electron chi connectivity index (χ3n) is 2.36. The van der Waals surface area contributed by atoms with Gasteiger partial charge in [-0.2, -0.15) is 0 Å². The third-order valence-corrected chi connectivity index (χ3v) is 3.35. The molecule has 1 aromatic carbocycles. The van der Waals surface area contributed by atoms with Gasteiger partial charge in [0.25, 0.3) is 0 Å². The van der Waals surface area contributed by atoms with E-state index in [0.29, 0.717) is 12.4 Å². The van der Waals surface area contributed by atoms with Crippen LogP contribution >= 0.6 is 27.5 Å². The van der Waals surface area contributed by atoms with E-state index in [9.17, 15) is 4.79 Å². The summed E-state index contributed by atoms with van der Waals surface area (Å²) in [5, 5.41) is 0. The first-order valence-corrected chi connectivity index (χ1v) is 6.42. The molecule has 0 spiro atoms. The van der Waals surface area contributed by atoms with Crippen LogP contribution in [0.2, 0.25) is 0 Å². The van der Waals surface area contributed by atoms with Crippen molar-refractivity contribution in [2.75, 3.05) is 12.9 Å². The predicted octanol–water partition coefficient (Wildman–Crippen LogP) is 3.28. The van der Waals surface area contributed by atoms with Gasteiger partial charge in [0.2, 0.25) is 5.91 Å². The molecule has 0 aliphatic rings. The van der Waals surface area contributed by atoms with Crippen LogP contribution in [0.15, 0.2) is 28.7 Å². The van der Waals surface area contributed by atoms with Gasteiger partial charge in [0, 0.05) is 29.9 Å². The maximum atomic E-state index is 11.8. The number of benzene rings is 1. The van der Waals surface area contributed by atoms with Gasteiger partial charge < -0.3 is 4.90 Å². The molecular formula is C12H15BrClNO. The van der Waals surface area contributed by atoms with Gasteiger partial charge in [-0.1, -0.05) is 35.0 Å². The molecule has 0 saturated carbocycles. The first-order chi connectivity index (χ1) is 7.54. The van der Waals surface area contributed by atoms with Crippen LogP contribution in [0.4, 0.5) is 0 Å². The lowest BCUT2D eigenvalue weighted by Crippen LogP contribution is -2.31. The molecule has 0 aromatic heterocycles. The highest BCUT2D eigenvalue weighted by molar-refractivity contribution is 9.10. The molecule has 0 radical (unpaired) electrons. The smallest absolute Gasteiger partial charge is 0.226 e. The SMILES string of the molecule is CC(CCl)C(=O)N(C)Cc1ccc(Br)cc1. The van der Waals surface area contributed by atoms with Crippen LogP contribution in [0, 0.1) is 5.92 Å². The molecule has 0 aliphatic carbocycles. The molecule has 88 valence electrons. The fraction of sp³-hybridized carbons (Fsp3) is 0.417. The van der Waals surface area contributed by atoms with Gasteiger partial charge in [-0.05, 0) is 17.7 Å². The Morgan fingerprint density at radius 3 is 2.50 bits per heavy atom. The molecule has 1 atom stereocenters. The highest BCUT2D eigenvalue weighted by atomic mass is 79.9. The standard InChI is InChI=1S/C12H15BrClNO/c1-9(7-14)12(16)15(2)8-10-3-5-11(13)6-4-10/h3-6,9H,7-8H2,1-2H3. The Bertz CT molecular complexity index is 353. The van der Waals surface area contributed by atoms with Crippen molar-refractivity contribution in [3.05, 3.63) is 34.3 Å². The van der Waals surface area contributed by atoms with Crippen molar-refractivity contribution < 1.29 is 4.79 Å². The summed E-state index contributed by atoms with van der Waals surface area (Å²) in [4.78, 5) is 13.5. The number of amides is 1. The minimum atomic E-state index is -0.123. The van der Waals surface area contributed by atoms with Gasteiger partial charge in [0.05, 0.1) is 0 Å². The van der Waals surface area contributed by atoms with Crippen molar-refractivity contribution in [3.8, 4) is 0 Å². The van der Waals surface area contributed by atoms with Crippen molar-refractivity contribution in [1.82, 2.24) is 4.90 Å². The number of carbonyl (C=O) groups excluding carboxylic acids is 1. The molecule has 16 heavy (non-hydrogen) atoms. The van der Waals surface area contributed by atoms with Crippen molar-refractivity contribution >= 4 is 33.4 Å². The van der Waals surface area contributed by atoms with E-state index in [2.05, 4.69) is 15.9 Å². The molecule has 0 heterocycles. The lowest BCUT2D eigenvalue weighted by Gasteiger charge is -2.20. The maximum absolute atomic E-state index is 11.8. The average Bonchev–Trinajstić information content (AvgIpc) is 2.30. The summed E-state index contributed by atoms with van der Waals surface area (Å²) in [6.07, 6.45) is 0. The second kappa shape index (κ2) is 6.26. The molecule has 4 heteroatoms. The first-order valence-electron chi connectivity index (χ1n) is 5.10. The Hall–Kier alpha value is -0.540. The predicted molar refractivity (Wildman–Crippen MR) is 70.5 cm³/mol. The van der Waals surface area contributed by atoms with Crippen molar-refractivity contribution in [3.63, 3.8) is 0 Å². The zero-order valence-electron chi connectivity index (χ0n) is 9.41. The zero-order chi connectivity index (χ0) is 12.1. The van der Waals surface area contributed by atoms with Crippen molar-refractivity contribution in [2.24, 2.45) is 5.92 Å².